The van der Waals surface area contributed by atoms with Crippen molar-refractivity contribution >= 4 is 5.91 Å². The van der Waals surface area contributed by atoms with Crippen molar-refractivity contribution in [3.05, 3.63) is 24.3 Å². The van der Waals surface area contributed by atoms with Gasteiger partial charge in [-0.2, -0.15) is 0 Å². The van der Waals surface area contributed by atoms with Gasteiger partial charge >= 0.3 is 0 Å². The standard InChI is InChI=1S/C14H25NO/c1-4-5-6-7-8-9-10-11-14(16)15-12-13(2)3/h8-11,13H,4-7,12H2,1-3H3,(H,15,16)/b9-8?,11-10-. The number of unbranched alkanes of at least 4 members (excludes halogenated alkanes) is 3. The van der Waals surface area contributed by atoms with E-state index in [-0.39, 0.29) is 5.91 Å². The first-order chi connectivity index (χ1) is 7.66. The van der Waals surface area contributed by atoms with Crippen molar-refractivity contribution in [2.45, 2.75) is 46.5 Å². The molecular weight excluding hydrogens is 198 g/mol. The Hall–Kier alpha value is -1.05. The van der Waals surface area contributed by atoms with Gasteiger partial charge in [0.25, 0.3) is 0 Å². The number of rotatable bonds is 8. The summed E-state index contributed by atoms with van der Waals surface area (Å²) in [6.07, 6.45) is 12.3. The fourth-order valence-electron chi connectivity index (χ4n) is 1.19. The molecule has 16 heavy (non-hydrogen) atoms. The predicted molar refractivity (Wildman–Crippen MR) is 70.3 cm³/mol. The summed E-state index contributed by atoms with van der Waals surface area (Å²) in [6.45, 7) is 7.10. The first-order valence-electron chi connectivity index (χ1n) is 6.27. The van der Waals surface area contributed by atoms with Crippen LogP contribution in [-0.2, 0) is 4.79 Å². The Morgan fingerprint density at radius 2 is 2.00 bits per heavy atom. The zero-order chi connectivity index (χ0) is 12.2. The SMILES string of the molecule is CCCCCC=C/C=C\C(=O)NCC(C)C. The molecule has 2 nitrogen and oxygen atoms in total. The molecule has 2 heteroatoms. The minimum atomic E-state index is -0.00749. The second-order valence-corrected chi connectivity index (χ2v) is 4.42. The molecular formula is C14H25NO. The Morgan fingerprint density at radius 3 is 2.62 bits per heavy atom. The Morgan fingerprint density at radius 1 is 1.25 bits per heavy atom. The summed E-state index contributed by atoms with van der Waals surface area (Å²) in [5.74, 6) is 0.494. The van der Waals surface area contributed by atoms with Crippen molar-refractivity contribution in [2.24, 2.45) is 5.92 Å². The van der Waals surface area contributed by atoms with Crippen LogP contribution in [0.3, 0.4) is 0 Å². The zero-order valence-corrected chi connectivity index (χ0v) is 10.8. The highest BCUT2D eigenvalue weighted by atomic mass is 16.1. The molecule has 0 aliphatic heterocycles. The lowest BCUT2D eigenvalue weighted by molar-refractivity contribution is -0.116. The molecule has 0 saturated heterocycles. The normalized spacial score (nSPS) is 11.8. The van der Waals surface area contributed by atoms with Gasteiger partial charge in [0.05, 0.1) is 0 Å². The zero-order valence-electron chi connectivity index (χ0n) is 10.8. The van der Waals surface area contributed by atoms with Crippen LogP contribution in [0.25, 0.3) is 0 Å². The van der Waals surface area contributed by atoms with Gasteiger partial charge in [0, 0.05) is 12.6 Å². The molecule has 0 unspecified atom stereocenters. The first-order valence-corrected chi connectivity index (χ1v) is 6.27. The van der Waals surface area contributed by atoms with Gasteiger partial charge in [-0.05, 0) is 18.8 Å². The van der Waals surface area contributed by atoms with E-state index in [1.165, 1.54) is 19.3 Å². The van der Waals surface area contributed by atoms with Gasteiger partial charge in [-0.25, -0.2) is 0 Å². The van der Waals surface area contributed by atoms with E-state index in [9.17, 15) is 4.79 Å². The second kappa shape index (κ2) is 10.5. The fourth-order valence-corrected chi connectivity index (χ4v) is 1.19. The summed E-state index contributed by atoms with van der Waals surface area (Å²) in [6, 6.07) is 0. The van der Waals surface area contributed by atoms with E-state index in [4.69, 9.17) is 0 Å². The van der Waals surface area contributed by atoms with Crippen molar-refractivity contribution in [3.63, 3.8) is 0 Å². The molecule has 92 valence electrons. The van der Waals surface area contributed by atoms with Gasteiger partial charge in [0.2, 0.25) is 5.91 Å². The quantitative estimate of drug-likeness (QED) is 0.381. The molecule has 0 aromatic heterocycles. The third-order valence-corrected chi connectivity index (χ3v) is 2.15. The highest BCUT2D eigenvalue weighted by Gasteiger charge is 1.95. The number of hydrogen-bond acceptors (Lipinski definition) is 1. The number of hydrogen-bond donors (Lipinski definition) is 1. The molecule has 0 aliphatic carbocycles. The Labute approximate surface area is 99.8 Å². The summed E-state index contributed by atoms with van der Waals surface area (Å²) in [4.78, 5) is 11.3. The van der Waals surface area contributed by atoms with E-state index < -0.39 is 0 Å². The average Bonchev–Trinajstić information content (AvgIpc) is 2.25. The molecule has 0 heterocycles. The highest BCUT2D eigenvalue weighted by molar-refractivity contribution is 5.87. The summed E-state index contributed by atoms with van der Waals surface area (Å²) in [5.41, 5.74) is 0. The topological polar surface area (TPSA) is 29.1 Å². The van der Waals surface area contributed by atoms with Crippen LogP contribution in [0.5, 0.6) is 0 Å². The Bertz CT molecular complexity index is 229. The maximum Gasteiger partial charge on any atom is 0.243 e. The van der Waals surface area contributed by atoms with Crippen LogP contribution in [0, 0.1) is 5.92 Å². The second-order valence-electron chi connectivity index (χ2n) is 4.42. The molecule has 0 atom stereocenters. The van der Waals surface area contributed by atoms with Crippen molar-refractivity contribution in [1.29, 1.82) is 0 Å². The summed E-state index contributed by atoms with van der Waals surface area (Å²) in [5, 5.41) is 2.83. The van der Waals surface area contributed by atoms with Crippen molar-refractivity contribution in [2.75, 3.05) is 6.54 Å². The third-order valence-electron chi connectivity index (χ3n) is 2.15. The molecule has 0 fully saturated rings. The number of allylic oxidation sites excluding steroid dienone is 3. The number of carbonyl (C=O) groups is 1. The minimum Gasteiger partial charge on any atom is -0.352 e. The van der Waals surface area contributed by atoms with Gasteiger partial charge in [0.15, 0.2) is 0 Å². The number of carbonyl (C=O) groups excluding carboxylic acids is 1. The van der Waals surface area contributed by atoms with E-state index >= 15 is 0 Å². The van der Waals surface area contributed by atoms with Crippen LogP contribution >= 0.6 is 0 Å². The maximum atomic E-state index is 11.3. The van der Waals surface area contributed by atoms with Crippen molar-refractivity contribution < 1.29 is 4.79 Å². The van der Waals surface area contributed by atoms with Gasteiger partial charge in [-0.3, -0.25) is 4.79 Å². The maximum absolute atomic E-state index is 11.3. The smallest absolute Gasteiger partial charge is 0.243 e. The van der Waals surface area contributed by atoms with E-state index in [0.29, 0.717) is 5.92 Å². The fraction of sp³-hybridized carbons (Fsp3) is 0.643. The molecule has 1 amide bonds. The molecule has 0 bridgehead atoms. The highest BCUT2D eigenvalue weighted by Crippen LogP contribution is 1.99. The van der Waals surface area contributed by atoms with Crippen LogP contribution in [0.4, 0.5) is 0 Å². The van der Waals surface area contributed by atoms with E-state index in [0.717, 1.165) is 13.0 Å². The van der Waals surface area contributed by atoms with E-state index in [2.05, 4.69) is 32.2 Å². The lowest BCUT2D eigenvalue weighted by Crippen LogP contribution is -2.25. The Balaban J connectivity index is 3.54. The van der Waals surface area contributed by atoms with E-state index in [1.54, 1.807) is 6.08 Å². The van der Waals surface area contributed by atoms with Crippen LogP contribution in [0.2, 0.25) is 0 Å². The van der Waals surface area contributed by atoms with E-state index in [1.807, 2.05) is 12.2 Å². The largest absolute Gasteiger partial charge is 0.352 e. The van der Waals surface area contributed by atoms with Crippen LogP contribution in [0.1, 0.15) is 46.5 Å². The molecule has 0 spiro atoms. The molecule has 0 saturated carbocycles. The molecule has 1 N–H and O–H groups in total. The van der Waals surface area contributed by atoms with Gasteiger partial charge < -0.3 is 5.32 Å². The Kier molecular flexibility index (Phi) is 9.78. The van der Waals surface area contributed by atoms with Crippen molar-refractivity contribution in [1.82, 2.24) is 5.32 Å². The molecule has 0 aromatic carbocycles. The van der Waals surface area contributed by atoms with Gasteiger partial charge in [-0.1, -0.05) is 51.8 Å². The summed E-state index contributed by atoms with van der Waals surface area (Å²) >= 11 is 0. The minimum absolute atomic E-state index is 0.00749. The predicted octanol–water partition coefficient (Wildman–Crippen LogP) is 3.45. The lowest BCUT2D eigenvalue weighted by atomic mass is 10.2. The number of amides is 1. The third kappa shape index (κ3) is 11.0. The average molecular weight is 223 g/mol. The van der Waals surface area contributed by atoms with Gasteiger partial charge in [-0.15, -0.1) is 0 Å². The van der Waals surface area contributed by atoms with Crippen molar-refractivity contribution in [3.8, 4) is 0 Å². The van der Waals surface area contributed by atoms with Crippen LogP contribution in [0.15, 0.2) is 24.3 Å². The van der Waals surface area contributed by atoms with Crippen LogP contribution < -0.4 is 5.32 Å². The van der Waals surface area contributed by atoms with Crippen LogP contribution in [-0.4, -0.2) is 12.5 Å². The molecule has 0 radical (unpaired) electrons. The summed E-state index contributed by atoms with van der Waals surface area (Å²) < 4.78 is 0. The molecule has 0 rings (SSSR count). The van der Waals surface area contributed by atoms with Gasteiger partial charge in [0.1, 0.15) is 0 Å². The number of nitrogens with one attached hydrogen (secondary N) is 1. The monoisotopic (exact) mass is 223 g/mol. The lowest BCUT2D eigenvalue weighted by Gasteiger charge is -2.03. The summed E-state index contributed by atoms with van der Waals surface area (Å²) in [7, 11) is 0. The molecule has 0 aromatic rings. The first kappa shape index (κ1) is 14.9. The molecule has 0 aliphatic rings.